The van der Waals surface area contributed by atoms with E-state index in [4.69, 9.17) is 0 Å². The number of carbonyl (C=O) groups is 1. The number of carbonyl (C=O) groups excluding carboxylic acids is 1. The molecule has 19 heavy (non-hydrogen) atoms. The van der Waals surface area contributed by atoms with E-state index in [1.165, 1.54) is 6.92 Å². The van der Waals surface area contributed by atoms with E-state index < -0.39 is 29.7 Å². The summed E-state index contributed by atoms with van der Waals surface area (Å²) in [5, 5.41) is 9.92. The highest BCUT2D eigenvalue weighted by Crippen LogP contribution is 2.34. The average Bonchev–Trinajstić information content (AvgIpc) is 2.23. The predicted molar refractivity (Wildman–Crippen MR) is 68.8 cm³/mol. The summed E-state index contributed by atoms with van der Waals surface area (Å²) in [6.45, 7) is 8.79. The molecule has 0 saturated heterocycles. The van der Waals surface area contributed by atoms with Crippen molar-refractivity contribution in [1.29, 1.82) is 0 Å². The summed E-state index contributed by atoms with van der Waals surface area (Å²) in [5.74, 6) is -1.87. The number of allylic oxidation sites excluding steroid dienone is 2. The quantitative estimate of drug-likeness (QED) is 0.567. The summed E-state index contributed by atoms with van der Waals surface area (Å²) in [5.41, 5.74) is -0.633. The summed E-state index contributed by atoms with van der Waals surface area (Å²) >= 11 is 0. The van der Waals surface area contributed by atoms with E-state index in [2.05, 4.69) is 0 Å². The van der Waals surface area contributed by atoms with Crippen LogP contribution < -0.4 is 0 Å². The minimum Gasteiger partial charge on any atom is -0.512 e. The van der Waals surface area contributed by atoms with Crippen molar-refractivity contribution >= 4 is 5.78 Å². The molecule has 0 fully saturated rings. The molecule has 0 radical (unpaired) electrons. The number of hydrogen-bond acceptors (Lipinski definition) is 2. The average molecular weight is 280 g/mol. The molecule has 0 aromatic carbocycles. The fraction of sp³-hybridized carbons (Fsp3) is 0.786. The van der Waals surface area contributed by atoms with Crippen LogP contribution >= 0.6 is 0 Å². The number of aliphatic hydroxyl groups excluding tert-OH is 1. The lowest BCUT2D eigenvalue weighted by molar-refractivity contribution is -0.151. The van der Waals surface area contributed by atoms with Crippen LogP contribution in [0.1, 0.15) is 47.5 Å². The largest absolute Gasteiger partial charge is 0.512 e. The minimum atomic E-state index is -4.37. The second-order valence-electron chi connectivity index (χ2n) is 5.73. The van der Waals surface area contributed by atoms with Crippen LogP contribution in [0.2, 0.25) is 0 Å². The van der Waals surface area contributed by atoms with E-state index in [1.807, 2.05) is 13.8 Å². The Balaban J connectivity index is 5.01. The third kappa shape index (κ3) is 5.66. The zero-order chi connectivity index (χ0) is 15.4. The molecule has 112 valence electrons. The molecular formula is C14H23F3O2. The standard InChI is InChI=1S/C14H23F3O2/c1-6-10(8-14(15,16)17)11(18)7-12(19)13(4,5)9(2)3/h7,9-10,19H,6,8H2,1-5H3/b12-7-. The number of rotatable bonds is 6. The molecule has 0 amide bonds. The fourth-order valence-corrected chi connectivity index (χ4v) is 1.46. The number of aliphatic hydroxyl groups is 1. The highest BCUT2D eigenvalue weighted by Gasteiger charge is 2.35. The number of halogens is 3. The summed E-state index contributed by atoms with van der Waals surface area (Å²) < 4.78 is 37.0. The number of hydrogen-bond donors (Lipinski definition) is 1. The molecule has 5 heteroatoms. The van der Waals surface area contributed by atoms with E-state index >= 15 is 0 Å². The molecule has 1 unspecified atom stereocenters. The van der Waals surface area contributed by atoms with Crippen LogP contribution in [0.5, 0.6) is 0 Å². The maximum absolute atomic E-state index is 12.3. The first kappa shape index (κ1) is 18.0. The van der Waals surface area contributed by atoms with Gasteiger partial charge in [0.15, 0.2) is 5.78 Å². The van der Waals surface area contributed by atoms with Gasteiger partial charge in [-0.2, -0.15) is 13.2 Å². The maximum Gasteiger partial charge on any atom is 0.389 e. The lowest BCUT2D eigenvalue weighted by atomic mass is 9.78. The highest BCUT2D eigenvalue weighted by atomic mass is 19.4. The molecule has 0 saturated carbocycles. The van der Waals surface area contributed by atoms with Gasteiger partial charge in [-0.3, -0.25) is 4.79 Å². The molecule has 1 atom stereocenters. The highest BCUT2D eigenvalue weighted by molar-refractivity contribution is 5.92. The van der Waals surface area contributed by atoms with Crippen molar-refractivity contribution in [2.75, 3.05) is 0 Å². The lowest BCUT2D eigenvalue weighted by Gasteiger charge is -2.28. The Hall–Kier alpha value is -1.00. The van der Waals surface area contributed by atoms with Crippen LogP contribution in [-0.2, 0) is 4.79 Å². The Labute approximate surface area is 112 Å². The van der Waals surface area contributed by atoms with Crippen molar-refractivity contribution in [2.45, 2.75) is 53.6 Å². The van der Waals surface area contributed by atoms with Crippen molar-refractivity contribution in [3.05, 3.63) is 11.8 Å². The SMILES string of the molecule is CCC(CC(F)(F)F)C(=O)/C=C(\O)C(C)(C)C(C)C. The van der Waals surface area contributed by atoms with Gasteiger partial charge in [-0.1, -0.05) is 34.6 Å². The van der Waals surface area contributed by atoms with Gasteiger partial charge in [0.2, 0.25) is 0 Å². The molecule has 0 bridgehead atoms. The van der Waals surface area contributed by atoms with Crippen LogP contribution in [-0.4, -0.2) is 17.1 Å². The van der Waals surface area contributed by atoms with E-state index in [1.54, 1.807) is 13.8 Å². The Morgan fingerprint density at radius 2 is 1.74 bits per heavy atom. The second kappa shape index (κ2) is 6.44. The first-order chi connectivity index (χ1) is 8.41. The summed E-state index contributed by atoms with van der Waals surface area (Å²) in [4.78, 5) is 11.8. The lowest BCUT2D eigenvalue weighted by Crippen LogP contribution is -2.25. The van der Waals surface area contributed by atoms with Crippen LogP contribution in [0.4, 0.5) is 13.2 Å². The molecule has 0 rings (SSSR count). The van der Waals surface area contributed by atoms with Crippen molar-refractivity contribution in [2.24, 2.45) is 17.3 Å². The van der Waals surface area contributed by atoms with Gasteiger partial charge < -0.3 is 5.11 Å². The van der Waals surface area contributed by atoms with Crippen molar-refractivity contribution in [1.82, 2.24) is 0 Å². The molecule has 2 nitrogen and oxygen atoms in total. The van der Waals surface area contributed by atoms with Crippen LogP contribution in [0.15, 0.2) is 11.8 Å². The Kier molecular flexibility index (Phi) is 6.10. The van der Waals surface area contributed by atoms with Crippen LogP contribution in [0, 0.1) is 17.3 Å². The maximum atomic E-state index is 12.3. The third-order valence-electron chi connectivity index (χ3n) is 3.76. The second-order valence-corrected chi connectivity index (χ2v) is 5.73. The number of ketones is 1. The topological polar surface area (TPSA) is 37.3 Å². The van der Waals surface area contributed by atoms with Gasteiger partial charge in [0.25, 0.3) is 0 Å². The van der Waals surface area contributed by atoms with E-state index in [9.17, 15) is 23.1 Å². The van der Waals surface area contributed by atoms with Gasteiger partial charge in [0, 0.05) is 17.4 Å². The third-order valence-corrected chi connectivity index (χ3v) is 3.76. The number of alkyl halides is 3. The first-order valence-electron chi connectivity index (χ1n) is 6.43. The molecule has 0 aromatic heterocycles. The Morgan fingerprint density at radius 3 is 2.05 bits per heavy atom. The van der Waals surface area contributed by atoms with E-state index in [0.29, 0.717) is 0 Å². The summed E-state index contributed by atoms with van der Waals surface area (Å²) in [7, 11) is 0. The van der Waals surface area contributed by atoms with E-state index in [-0.39, 0.29) is 18.1 Å². The molecule has 0 aromatic rings. The van der Waals surface area contributed by atoms with Crippen LogP contribution in [0.25, 0.3) is 0 Å². The minimum absolute atomic E-state index is 0.0687. The van der Waals surface area contributed by atoms with Gasteiger partial charge in [-0.05, 0) is 12.3 Å². The van der Waals surface area contributed by atoms with Gasteiger partial charge in [0.05, 0.1) is 6.42 Å². The van der Waals surface area contributed by atoms with Crippen LogP contribution in [0.3, 0.4) is 0 Å². The van der Waals surface area contributed by atoms with Crippen molar-refractivity contribution in [3.8, 4) is 0 Å². The Bertz CT molecular complexity index is 341. The summed E-state index contributed by atoms with van der Waals surface area (Å²) in [6.07, 6.45) is -4.45. The van der Waals surface area contributed by atoms with Gasteiger partial charge in [0.1, 0.15) is 5.76 Å². The van der Waals surface area contributed by atoms with Gasteiger partial charge in [-0.15, -0.1) is 0 Å². The molecule has 0 aliphatic rings. The molecule has 1 N–H and O–H groups in total. The zero-order valence-corrected chi connectivity index (χ0v) is 12.1. The van der Waals surface area contributed by atoms with Gasteiger partial charge in [-0.25, -0.2) is 0 Å². The molecular weight excluding hydrogens is 257 g/mol. The molecule has 0 heterocycles. The summed E-state index contributed by atoms with van der Waals surface area (Å²) in [6, 6.07) is 0. The van der Waals surface area contributed by atoms with Crippen molar-refractivity contribution < 1.29 is 23.1 Å². The normalized spacial score (nSPS) is 15.7. The zero-order valence-electron chi connectivity index (χ0n) is 12.1. The van der Waals surface area contributed by atoms with Crippen molar-refractivity contribution in [3.63, 3.8) is 0 Å². The molecule has 0 aliphatic heterocycles. The Morgan fingerprint density at radius 1 is 1.26 bits per heavy atom. The van der Waals surface area contributed by atoms with Gasteiger partial charge >= 0.3 is 6.18 Å². The van der Waals surface area contributed by atoms with E-state index in [0.717, 1.165) is 6.08 Å². The monoisotopic (exact) mass is 280 g/mol. The smallest absolute Gasteiger partial charge is 0.389 e. The molecule has 0 aliphatic carbocycles. The first-order valence-corrected chi connectivity index (χ1v) is 6.43. The fourth-order valence-electron chi connectivity index (χ4n) is 1.46. The predicted octanol–water partition coefficient (Wildman–Crippen LogP) is 4.66. The molecule has 0 spiro atoms.